The molecule has 0 atom stereocenters. The Morgan fingerprint density at radius 2 is 1.94 bits per heavy atom. The number of carbonyl (C=O) groups excluding carboxylic acids is 2. The van der Waals surface area contributed by atoms with E-state index >= 15 is 0 Å². The highest BCUT2D eigenvalue weighted by atomic mass is 35.5. The molecule has 162 valence electrons. The van der Waals surface area contributed by atoms with Crippen molar-refractivity contribution in [3.05, 3.63) is 74.6 Å². The number of amides is 2. The molecular formula is C24H20ClN3O3S. The van der Waals surface area contributed by atoms with Crippen molar-refractivity contribution >= 4 is 45.4 Å². The van der Waals surface area contributed by atoms with Gasteiger partial charge in [-0.05, 0) is 79.8 Å². The predicted octanol–water partition coefficient (Wildman–Crippen LogP) is 5.34. The molecule has 3 aromatic rings. The smallest absolute Gasteiger partial charge is 0.262 e. The minimum atomic E-state index is -0.332. The Morgan fingerprint density at radius 3 is 2.66 bits per heavy atom. The Labute approximate surface area is 194 Å². The number of hydrogen-bond acceptors (Lipinski definition) is 5. The lowest BCUT2D eigenvalue weighted by molar-refractivity contribution is -0.118. The number of nitrogens with one attached hydrogen (secondary N) is 2. The van der Waals surface area contributed by atoms with Crippen molar-refractivity contribution in [1.82, 2.24) is 0 Å². The number of anilines is 2. The topological polar surface area (TPSA) is 91.2 Å². The van der Waals surface area contributed by atoms with Gasteiger partial charge in [-0.25, -0.2) is 0 Å². The molecule has 4 rings (SSSR count). The number of rotatable bonds is 6. The molecule has 1 aliphatic carbocycles. The predicted molar refractivity (Wildman–Crippen MR) is 126 cm³/mol. The second-order valence-electron chi connectivity index (χ2n) is 7.45. The highest BCUT2D eigenvalue weighted by molar-refractivity contribution is 7.16. The molecule has 0 bridgehead atoms. The Bertz CT molecular complexity index is 1230. The van der Waals surface area contributed by atoms with Gasteiger partial charge in [-0.3, -0.25) is 9.59 Å². The first-order valence-electron chi connectivity index (χ1n) is 10.1. The molecule has 1 heterocycles. The monoisotopic (exact) mass is 465 g/mol. The fraction of sp³-hybridized carbons (Fsp3) is 0.208. The number of fused-ring (bicyclic) bond motifs is 1. The van der Waals surface area contributed by atoms with E-state index < -0.39 is 0 Å². The molecule has 2 N–H and O–H groups in total. The van der Waals surface area contributed by atoms with E-state index in [0.717, 1.165) is 30.4 Å². The molecule has 0 fully saturated rings. The van der Waals surface area contributed by atoms with Gasteiger partial charge in [0.1, 0.15) is 16.8 Å². The van der Waals surface area contributed by atoms with Crippen LogP contribution in [-0.4, -0.2) is 18.4 Å². The lowest BCUT2D eigenvalue weighted by Crippen LogP contribution is -2.20. The summed E-state index contributed by atoms with van der Waals surface area (Å²) in [6.45, 7) is 1.68. The van der Waals surface area contributed by atoms with Gasteiger partial charge in [0.05, 0.1) is 5.56 Å². The van der Waals surface area contributed by atoms with Crippen LogP contribution in [0.3, 0.4) is 0 Å². The first kappa shape index (κ1) is 21.9. The zero-order chi connectivity index (χ0) is 22.7. The van der Waals surface area contributed by atoms with E-state index in [2.05, 4.69) is 16.7 Å². The van der Waals surface area contributed by atoms with Crippen LogP contribution in [0.15, 0.2) is 42.5 Å². The van der Waals surface area contributed by atoms with Crippen LogP contribution < -0.4 is 15.4 Å². The van der Waals surface area contributed by atoms with E-state index in [9.17, 15) is 14.9 Å². The number of carbonyl (C=O) groups is 2. The number of nitriles is 1. The Morgan fingerprint density at radius 1 is 1.16 bits per heavy atom. The van der Waals surface area contributed by atoms with Crippen molar-refractivity contribution in [2.45, 2.75) is 26.2 Å². The molecule has 0 aliphatic heterocycles. The van der Waals surface area contributed by atoms with Crippen LogP contribution in [0.4, 0.5) is 10.7 Å². The van der Waals surface area contributed by atoms with E-state index in [1.807, 2.05) is 6.92 Å². The third-order valence-corrected chi connectivity index (χ3v) is 6.65. The van der Waals surface area contributed by atoms with Crippen molar-refractivity contribution < 1.29 is 14.3 Å². The van der Waals surface area contributed by atoms with E-state index in [1.54, 1.807) is 42.5 Å². The Balaban J connectivity index is 1.32. The molecule has 32 heavy (non-hydrogen) atoms. The van der Waals surface area contributed by atoms with Crippen molar-refractivity contribution in [2.75, 3.05) is 17.2 Å². The average Bonchev–Trinajstić information content (AvgIpc) is 3.35. The Hall–Kier alpha value is -3.34. The molecular weight excluding hydrogens is 446 g/mol. The van der Waals surface area contributed by atoms with Gasteiger partial charge in [0.25, 0.3) is 11.8 Å². The quantitative estimate of drug-likeness (QED) is 0.514. The largest absolute Gasteiger partial charge is 0.484 e. The summed E-state index contributed by atoms with van der Waals surface area (Å²) in [5, 5.41) is 16.3. The highest BCUT2D eigenvalue weighted by Crippen LogP contribution is 2.38. The van der Waals surface area contributed by atoms with Crippen LogP contribution in [0.1, 0.15) is 38.3 Å². The van der Waals surface area contributed by atoms with Gasteiger partial charge in [-0.15, -0.1) is 11.3 Å². The summed E-state index contributed by atoms with van der Waals surface area (Å²) in [4.78, 5) is 26.0. The van der Waals surface area contributed by atoms with Gasteiger partial charge < -0.3 is 15.4 Å². The summed E-state index contributed by atoms with van der Waals surface area (Å²) in [6, 6.07) is 14.0. The summed E-state index contributed by atoms with van der Waals surface area (Å²) < 4.78 is 5.54. The minimum absolute atomic E-state index is 0.192. The first-order chi connectivity index (χ1) is 15.4. The van der Waals surface area contributed by atoms with Gasteiger partial charge in [0.2, 0.25) is 0 Å². The molecule has 0 spiro atoms. The van der Waals surface area contributed by atoms with Crippen LogP contribution in [0.5, 0.6) is 5.75 Å². The van der Waals surface area contributed by atoms with Crippen molar-refractivity contribution in [2.24, 2.45) is 0 Å². The molecule has 0 saturated carbocycles. The van der Waals surface area contributed by atoms with Crippen molar-refractivity contribution in [3.8, 4) is 11.8 Å². The Kier molecular flexibility index (Phi) is 6.45. The minimum Gasteiger partial charge on any atom is -0.484 e. The maximum absolute atomic E-state index is 12.5. The lowest BCUT2D eigenvalue weighted by atomic mass is 10.1. The van der Waals surface area contributed by atoms with Gasteiger partial charge in [0.15, 0.2) is 6.61 Å². The fourth-order valence-corrected chi connectivity index (χ4v) is 5.07. The van der Waals surface area contributed by atoms with E-state index in [1.165, 1.54) is 16.2 Å². The number of thiophene rings is 1. The standard InChI is InChI=1S/C24H20ClN3O3S/c1-14-11-16(25)7-10-20(14)27-23(30)15-5-8-17(9-6-15)31-13-22(29)28-24-19(12-26)18-3-2-4-21(18)32-24/h5-11H,2-4,13H2,1H3,(H,27,30)(H,28,29). The SMILES string of the molecule is Cc1cc(Cl)ccc1NC(=O)c1ccc(OCC(=O)Nc2sc3c(c2C#N)CCC3)cc1. The zero-order valence-electron chi connectivity index (χ0n) is 17.3. The molecule has 0 unspecified atom stereocenters. The van der Waals surface area contributed by atoms with Crippen LogP contribution >= 0.6 is 22.9 Å². The van der Waals surface area contributed by atoms with Crippen molar-refractivity contribution in [3.63, 3.8) is 0 Å². The number of nitrogens with zero attached hydrogens (tertiary/aromatic N) is 1. The zero-order valence-corrected chi connectivity index (χ0v) is 18.9. The maximum Gasteiger partial charge on any atom is 0.262 e. The number of hydrogen-bond donors (Lipinski definition) is 2. The van der Waals surface area contributed by atoms with Gasteiger partial charge in [0, 0.05) is 21.2 Å². The van der Waals surface area contributed by atoms with Gasteiger partial charge >= 0.3 is 0 Å². The fourth-order valence-electron chi connectivity index (χ4n) is 3.59. The molecule has 6 nitrogen and oxygen atoms in total. The van der Waals surface area contributed by atoms with E-state index in [4.69, 9.17) is 16.3 Å². The molecule has 2 amide bonds. The van der Waals surface area contributed by atoms with Crippen LogP contribution in [0.2, 0.25) is 5.02 Å². The summed E-state index contributed by atoms with van der Waals surface area (Å²) in [6.07, 6.45) is 2.90. The molecule has 1 aliphatic rings. The maximum atomic E-state index is 12.5. The summed E-state index contributed by atoms with van der Waals surface area (Å²) in [7, 11) is 0. The summed E-state index contributed by atoms with van der Waals surface area (Å²) in [5.41, 5.74) is 3.65. The number of aryl methyl sites for hydroxylation is 2. The molecule has 8 heteroatoms. The lowest BCUT2D eigenvalue weighted by Gasteiger charge is -2.10. The van der Waals surface area contributed by atoms with Gasteiger partial charge in [-0.1, -0.05) is 11.6 Å². The number of halogens is 1. The third kappa shape index (κ3) is 4.77. The van der Waals surface area contributed by atoms with Crippen LogP contribution in [-0.2, 0) is 17.6 Å². The average molecular weight is 466 g/mol. The van der Waals surface area contributed by atoms with Crippen LogP contribution in [0.25, 0.3) is 0 Å². The molecule has 0 saturated heterocycles. The third-order valence-electron chi connectivity index (χ3n) is 5.21. The van der Waals surface area contributed by atoms with Crippen LogP contribution in [0, 0.1) is 18.3 Å². The van der Waals surface area contributed by atoms with E-state index in [0.29, 0.717) is 32.6 Å². The number of benzene rings is 2. The molecule has 0 radical (unpaired) electrons. The van der Waals surface area contributed by atoms with Crippen molar-refractivity contribution in [1.29, 1.82) is 5.26 Å². The van der Waals surface area contributed by atoms with Gasteiger partial charge in [-0.2, -0.15) is 5.26 Å². The molecule has 2 aromatic carbocycles. The molecule has 1 aromatic heterocycles. The summed E-state index contributed by atoms with van der Waals surface area (Å²) >= 11 is 7.42. The highest BCUT2D eigenvalue weighted by Gasteiger charge is 2.23. The van der Waals surface area contributed by atoms with E-state index in [-0.39, 0.29) is 18.4 Å². The normalized spacial score (nSPS) is 12.0. The second kappa shape index (κ2) is 9.43. The first-order valence-corrected chi connectivity index (χ1v) is 11.3. The number of ether oxygens (including phenoxy) is 1. The second-order valence-corrected chi connectivity index (χ2v) is 8.99. The summed E-state index contributed by atoms with van der Waals surface area (Å²) in [5.74, 6) is -0.121.